The number of aryl methyl sites for hydroxylation is 1. The molecule has 0 saturated heterocycles. The fourth-order valence-electron chi connectivity index (χ4n) is 2.78. The first-order valence-corrected chi connectivity index (χ1v) is 8.22. The molecule has 2 aromatic heterocycles. The fraction of sp³-hybridized carbons (Fsp3) is 0.111. The topological polar surface area (TPSA) is 46.5 Å². The van der Waals surface area contributed by atoms with Gasteiger partial charge in [-0.3, -0.25) is 5.10 Å². The van der Waals surface area contributed by atoms with Crippen molar-refractivity contribution in [3.8, 4) is 11.5 Å². The number of hydrogen-bond donors (Lipinski definition) is 1. The molecule has 2 aromatic carbocycles. The second kappa shape index (κ2) is 5.66. The van der Waals surface area contributed by atoms with Crippen molar-refractivity contribution in [3.63, 3.8) is 0 Å². The quantitative estimate of drug-likeness (QED) is 0.578. The summed E-state index contributed by atoms with van der Waals surface area (Å²) in [4.78, 5) is 4.60. The molecule has 0 saturated carbocycles. The van der Waals surface area contributed by atoms with Gasteiger partial charge < -0.3 is 4.57 Å². The maximum atomic E-state index is 4.60. The Balaban J connectivity index is 1.83. The minimum Gasteiger partial charge on any atom is -0.323 e. The number of fused-ring (bicyclic) bond motifs is 1. The molecule has 4 rings (SSSR count). The summed E-state index contributed by atoms with van der Waals surface area (Å²) in [6.45, 7) is 2.86. The van der Waals surface area contributed by atoms with Crippen LogP contribution in [0.25, 0.3) is 22.4 Å². The molecule has 0 aliphatic rings. The van der Waals surface area contributed by atoms with Crippen molar-refractivity contribution in [1.82, 2.24) is 19.7 Å². The van der Waals surface area contributed by atoms with Gasteiger partial charge in [-0.05, 0) is 30.7 Å². The third kappa shape index (κ3) is 2.57. The molecule has 23 heavy (non-hydrogen) atoms. The van der Waals surface area contributed by atoms with Gasteiger partial charge in [0.25, 0.3) is 0 Å². The molecule has 1 N–H and O–H groups in total. The van der Waals surface area contributed by atoms with E-state index in [4.69, 9.17) is 0 Å². The zero-order valence-electron chi connectivity index (χ0n) is 12.6. The lowest BCUT2D eigenvalue weighted by Gasteiger charge is -2.09. The lowest BCUT2D eigenvalue weighted by atomic mass is 10.2. The molecule has 2 heterocycles. The summed E-state index contributed by atoms with van der Waals surface area (Å²) in [6, 6.07) is 16.5. The highest BCUT2D eigenvalue weighted by Crippen LogP contribution is 2.28. The van der Waals surface area contributed by atoms with E-state index < -0.39 is 0 Å². The van der Waals surface area contributed by atoms with E-state index in [1.807, 2.05) is 24.4 Å². The largest absolute Gasteiger partial charge is 0.323 e. The predicted octanol–water partition coefficient (Wildman–Crippen LogP) is 4.55. The molecule has 5 heteroatoms. The van der Waals surface area contributed by atoms with Gasteiger partial charge in [-0.15, -0.1) is 0 Å². The van der Waals surface area contributed by atoms with Crippen molar-refractivity contribution in [2.24, 2.45) is 0 Å². The Morgan fingerprint density at radius 3 is 2.78 bits per heavy atom. The van der Waals surface area contributed by atoms with Crippen LogP contribution in [0.5, 0.6) is 0 Å². The van der Waals surface area contributed by atoms with Crippen molar-refractivity contribution in [1.29, 1.82) is 0 Å². The molecule has 0 bridgehead atoms. The molecular weight excluding hydrogens is 352 g/mol. The summed E-state index contributed by atoms with van der Waals surface area (Å²) >= 11 is 3.49. The second-order valence-corrected chi connectivity index (χ2v) is 6.47. The van der Waals surface area contributed by atoms with Crippen LogP contribution in [0.3, 0.4) is 0 Å². The van der Waals surface area contributed by atoms with Gasteiger partial charge in [0.05, 0.1) is 5.52 Å². The molecule has 0 amide bonds. The van der Waals surface area contributed by atoms with Crippen molar-refractivity contribution in [3.05, 3.63) is 70.5 Å². The van der Waals surface area contributed by atoms with Crippen LogP contribution < -0.4 is 0 Å². The minimum atomic E-state index is 0.785. The lowest BCUT2D eigenvalue weighted by Crippen LogP contribution is -2.04. The first-order chi connectivity index (χ1) is 11.2. The fourth-order valence-corrected chi connectivity index (χ4v) is 3.14. The number of rotatable bonds is 3. The van der Waals surface area contributed by atoms with Crippen LogP contribution in [-0.2, 0) is 6.54 Å². The number of aromatic nitrogens is 4. The molecule has 4 nitrogen and oxygen atoms in total. The molecule has 0 spiro atoms. The average molecular weight is 367 g/mol. The van der Waals surface area contributed by atoms with Gasteiger partial charge in [-0.1, -0.05) is 46.3 Å². The zero-order chi connectivity index (χ0) is 15.8. The molecule has 0 radical (unpaired) electrons. The number of imidazole rings is 1. The van der Waals surface area contributed by atoms with E-state index >= 15 is 0 Å². The van der Waals surface area contributed by atoms with Gasteiger partial charge in [0.15, 0.2) is 5.82 Å². The normalized spacial score (nSPS) is 11.2. The van der Waals surface area contributed by atoms with Crippen molar-refractivity contribution >= 4 is 26.8 Å². The number of halogens is 1. The highest BCUT2D eigenvalue weighted by atomic mass is 79.9. The number of hydrogen-bond acceptors (Lipinski definition) is 2. The summed E-state index contributed by atoms with van der Waals surface area (Å²) in [7, 11) is 0. The van der Waals surface area contributed by atoms with Gasteiger partial charge in [-0.25, -0.2) is 4.98 Å². The monoisotopic (exact) mass is 366 g/mol. The Hall–Kier alpha value is -2.40. The zero-order valence-corrected chi connectivity index (χ0v) is 14.2. The Bertz CT molecular complexity index is 969. The van der Waals surface area contributed by atoms with Crippen LogP contribution >= 0.6 is 15.9 Å². The van der Waals surface area contributed by atoms with E-state index in [-0.39, 0.29) is 0 Å². The van der Waals surface area contributed by atoms with Crippen LogP contribution in [-0.4, -0.2) is 19.7 Å². The predicted molar refractivity (Wildman–Crippen MR) is 95.3 cm³/mol. The molecule has 0 atom stereocenters. The third-order valence-electron chi connectivity index (χ3n) is 3.98. The highest BCUT2D eigenvalue weighted by molar-refractivity contribution is 9.10. The van der Waals surface area contributed by atoms with E-state index in [0.29, 0.717) is 0 Å². The smallest absolute Gasteiger partial charge is 0.161 e. The van der Waals surface area contributed by atoms with Crippen LogP contribution in [0.15, 0.2) is 59.2 Å². The number of benzene rings is 2. The summed E-state index contributed by atoms with van der Waals surface area (Å²) in [6.07, 6.45) is 1.90. The second-order valence-electron chi connectivity index (χ2n) is 5.56. The van der Waals surface area contributed by atoms with Gasteiger partial charge in [-0.2, -0.15) is 5.10 Å². The summed E-state index contributed by atoms with van der Waals surface area (Å²) in [5.74, 6) is 0.889. The maximum absolute atomic E-state index is 4.60. The van der Waals surface area contributed by atoms with Crippen molar-refractivity contribution in [2.45, 2.75) is 13.5 Å². The van der Waals surface area contributed by atoms with Crippen LogP contribution in [0, 0.1) is 6.92 Å². The number of nitrogens with one attached hydrogen (secondary N) is 1. The average Bonchev–Trinajstić information content (AvgIpc) is 3.12. The van der Waals surface area contributed by atoms with E-state index in [1.54, 1.807) is 0 Å². The van der Waals surface area contributed by atoms with E-state index in [2.05, 4.69) is 72.9 Å². The van der Waals surface area contributed by atoms with E-state index in [0.717, 1.165) is 39.1 Å². The van der Waals surface area contributed by atoms with Gasteiger partial charge in [0, 0.05) is 28.3 Å². The molecule has 0 unspecified atom stereocenters. The molecule has 4 aromatic rings. The molecule has 0 fully saturated rings. The molecule has 0 aliphatic carbocycles. The summed E-state index contributed by atoms with van der Waals surface area (Å²) in [5.41, 5.74) is 4.26. The maximum Gasteiger partial charge on any atom is 0.161 e. The first-order valence-electron chi connectivity index (χ1n) is 7.42. The number of aromatic amines is 1. The SMILES string of the molecule is Cc1cnc(-c2n[nH]c3cc(Br)ccc23)n1Cc1ccccc1. The van der Waals surface area contributed by atoms with Crippen LogP contribution in [0.2, 0.25) is 0 Å². The van der Waals surface area contributed by atoms with Crippen LogP contribution in [0.4, 0.5) is 0 Å². The molecule has 114 valence electrons. The molecular formula is C18H15BrN4. The standard InChI is InChI=1S/C18H15BrN4/c1-12-10-20-18(23(12)11-13-5-3-2-4-6-13)17-15-8-7-14(19)9-16(15)21-22-17/h2-10H,11H2,1H3,(H,21,22). The van der Waals surface area contributed by atoms with Gasteiger partial charge >= 0.3 is 0 Å². The Morgan fingerprint density at radius 1 is 1.13 bits per heavy atom. The first kappa shape index (κ1) is 14.2. The Morgan fingerprint density at radius 2 is 1.96 bits per heavy atom. The molecule has 0 aliphatic heterocycles. The third-order valence-corrected chi connectivity index (χ3v) is 4.47. The highest BCUT2D eigenvalue weighted by Gasteiger charge is 2.15. The Kier molecular flexibility index (Phi) is 3.50. The summed E-state index contributed by atoms with van der Waals surface area (Å²) in [5, 5.41) is 8.66. The minimum absolute atomic E-state index is 0.785. The number of H-pyrrole nitrogens is 1. The lowest BCUT2D eigenvalue weighted by molar-refractivity contribution is 0.776. The van der Waals surface area contributed by atoms with Crippen molar-refractivity contribution in [2.75, 3.05) is 0 Å². The number of nitrogens with zero attached hydrogens (tertiary/aromatic N) is 3. The van der Waals surface area contributed by atoms with E-state index in [1.165, 1.54) is 5.56 Å². The van der Waals surface area contributed by atoms with Gasteiger partial charge in [0.2, 0.25) is 0 Å². The Labute approximate surface area is 142 Å². The van der Waals surface area contributed by atoms with Crippen LogP contribution in [0.1, 0.15) is 11.3 Å². The van der Waals surface area contributed by atoms with Gasteiger partial charge in [0.1, 0.15) is 5.69 Å². The van der Waals surface area contributed by atoms with E-state index in [9.17, 15) is 0 Å². The summed E-state index contributed by atoms with van der Waals surface area (Å²) < 4.78 is 3.23. The van der Waals surface area contributed by atoms with Crippen molar-refractivity contribution < 1.29 is 0 Å².